The lowest BCUT2D eigenvalue weighted by molar-refractivity contribution is -0.130. The second-order valence-electron chi connectivity index (χ2n) is 8.41. The summed E-state index contributed by atoms with van der Waals surface area (Å²) in [4.78, 5) is 29.3. The maximum Gasteiger partial charge on any atom is 0.266 e. The fraction of sp³-hybridized carbons (Fsp3) is 0.417. The van der Waals surface area contributed by atoms with Gasteiger partial charge in [0, 0.05) is 50.0 Å². The second-order valence-corrected chi connectivity index (χ2v) is 8.85. The maximum atomic E-state index is 12.4. The molecule has 0 unspecified atom stereocenters. The minimum Gasteiger partial charge on any atom is -0.478 e. The summed E-state index contributed by atoms with van der Waals surface area (Å²) < 4.78 is 5.74. The average molecular weight is 457 g/mol. The molecule has 2 heterocycles. The smallest absolute Gasteiger partial charge is 0.266 e. The summed E-state index contributed by atoms with van der Waals surface area (Å²) in [5.74, 6) is 0.125. The zero-order chi connectivity index (χ0) is 22.7. The summed E-state index contributed by atoms with van der Waals surface area (Å²) in [6.07, 6.45) is -0.810. The van der Waals surface area contributed by atoms with Gasteiger partial charge in [0.1, 0.15) is 5.75 Å². The van der Waals surface area contributed by atoms with E-state index < -0.39 is 6.10 Å². The van der Waals surface area contributed by atoms with E-state index in [-0.39, 0.29) is 18.2 Å². The van der Waals surface area contributed by atoms with Gasteiger partial charge in [0.15, 0.2) is 6.10 Å². The van der Waals surface area contributed by atoms with E-state index in [0.29, 0.717) is 18.0 Å². The molecule has 0 radical (unpaired) electrons. The van der Waals surface area contributed by atoms with Crippen molar-refractivity contribution in [3.05, 3.63) is 52.5 Å². The number of benzene rings is 2. The standard InChI is InChI=1S/C24H29ClN4O3/c1-16-3-6-21-19(13-16)27-24(31)22(32-21)15-23(30)26-7-8-28-9-11-29(12-10-28)20-14-18(25)5-4-17(20)2/h3-6,13-14,22H,7-12,15H2,1-2H3,(H,26,30)(H,27,31)/t22-/m0/s1. The molecule has 2 amide bonds. The molecule has 8 heteroatoms. The summed E-state index contributed by atoms with van der Waals surface area (Å²) >= 11 is 6.16. The topological polar surface area (TPSA) is 73.9 Å². The molecular formula is C24H29ClN4O3. The van der Waals surface area contributed by atoms with E-state index in [1.165, 1.54) is 11.3 Å². The lowest BCUT2D eigenvalue weighted by Crippen LogP contribution is -2.49. The number of piperazine rings is 1. The van der Waals surface area contributed by atoms with Crippen molar-refractivity contribution in [3.63, 3.8) is 0 Å². The first-order valence-electron chi connectivity index (χ1n) is 11.0. The van der Waals surface area contributed by atoms with Crippen LogP contribution in [0.3, 0.4) is 0 Å². The van der Waals surface area contributed by atoms with Crippen LogP contribution in [0.25, 0.3) is 0 Å². The van der Waals surface area contributed by atoms with Crippen molar-refractivity contribution in [1.82, 2.24) is 10.2 Å². The second kappa shape index (κ2) is 9.79. The minimum absolute atomic E-state index is 0.000963. The number of hydrogen-bond acceptors (Lipinski definition) is 5. The van der Waals surface area contributed by atoms with Gasteiger partial charge in [-0.2, -0.15) is 0 Å². The first-order valence-corrected chi connectivity index (χ1v) is 11.3. The molecule has 2 aliphatic rings. The summed E-state index contributed by atoms with van der Waals surface area (Å²) in [7, 11) is 0. The van der Waals surface area contributed by atoms with Gasteiger partial charge in [0.05, 0.1) is 12.1 Å². The van der Waals surface area contributed by atoms with Crippen LogP contribution < -0.4 is 20.3 Å². The summed E-state index contributed by atoms with van der Waals surface area (Å²) in [6, 6.07) is 11.6. The summed E-state index contributed by atoms with van der Waals surface area (Å²) in [6.45, 7) is 9.05. The molecule has 2 aliphatic heterocycles. The van der Waals surface area contributed by atoms with E-state index in [0.717, 1.165) is 43.3 Å². The number of aryl methyl sites for hydroxylation is 2. The van der Waals surface area contributed by atoms with E-state index >= 15 is 0 Å². The molecule has 1 saturated heterocycles. The Morgan fingerprint density at radius 1 is 1.16 bits per heavy atom. The number of carbonyl (C=O) groups is 2. The Kier molecular flexibility index (Phi) is 6.86. The van der Waals surface area contributed by atoms with Gasteiger partial charge in [-0.15, -0.1) is 0 Å². The van der Waals surface area contributed by atoms with Gasteiger partial charge in [0.2, 0.25) is 5.91 Å². The van der Waals surface area contributed by atoms with E-state index in [1.54, 1.807) is 0 Å². The van der Waals surface area contributed by atoms with Crippen molar-refractivity contribution >= 4 is 34.8 Å². The van der Waals surface area contributed by atoms with Crippen LogP contribution in [0.2, 0.25) is 5.02 Å². The highest BCUT2D eigenvalue weighted by atomic mass is 35.5. The normalized spacial score (nSPS) is 18.5. The summed E-state index contributed by atoms with van der Waals surface area (Å²) in [5.41, 5.74) is 4.10. The van der Waals surface area contributed by atoms with Crippen LogP contribution in [0.15, 0.2) is 36.4 Å². The Morgan fingerprint density at radius 2 is 1.94 bits per heavy atom. The van der Waals surface area contributed by atoms with Crippen LogP contribution in [0.1, 0.15) is 17.5 Å². The lowest BCUT2D eigenvalue weighted by atomic mass is 10.1. The molecule has 2 aromatic rings. The van der Waals surface area contributed by atoms with E-state index in [2.05, 4.69) is 33.4 Å². The molecule has 7 nitrogen and oxygen atoms in total. The molecule has 0 aliphatic carbocycles. The monoisotopic (exact) mass is 456 g/mol. The molecule has 170 valence electrons. The van der Waals surface area contributed by atoms with Gasteiger partial charge in [-0.3, -0.25) is 14.5 Å². The molecule has 32 heavy (non-hydrogen) atoms. The number of ether oxygens (including phenoxy) is 1. The number of amides is 2. The zero-order valence-corrected chi connectivity index (χ0v) is 19.2. The molecule has 0 bridgehead atoms. The fourth-order valence-corrected chi connectivity index (χ4v) is 4.29. The molecule has 2 aromatic carbocycles. The number of carbonyl (C=O) groups excluding carboxylic acids is 2. The highest BCUT2D eigenvalue weighted by Gasteiger charge is 2.29. The van der Waals surface area contributed by atoms with E-state index in [1.807, 2.05) is 37.3 Å². The largest absolute Gasteiger partial charge is 0.478 e. The van der Waals surface area contributed by atoms with Crippen LogP contribution in [0.5, 0.6) is 5.75 Å². The Hall–Kier alpha value is -2.77. The number of fused-ring (bicyclic) bond motifs is 1. The Bertz CT molecular complexity index is 1000. The van der Waals surface area contributed by atoms with Crippen LogP contribution >= 0.6 is 11.6 Å². The highest BCUT2D eigenvalue weighted by Crippen LogP contribution is 2.31. The Labute approximate surface area is 193 Å². The number of nitrogens with zero attached hydrogens (tertiary/aromatic N) is 2. The molecular weight excluding hydrogens is 428 g/mol. The lowest BCUT2D eigenvalue weighted by Gasteiger charge is -2.37. The van der Waals surface area contributed by atoms with Crippen LogP contribution in [0, 0.1) is 13.8 Å². The maximum absolute atomic E-state index is 12.4. The number of halogens is 1. The Balaban J connectivity index is 1.19. The van der Waals surface area contributed by atoms with Gasteiger partial charge in [0.25, 0.3) is 5.91 Å². The van der Waals surface area contributed by atoms with Crippen LogP contribution in [-0.2, 0) is 9.59 Å². The van der Waals surface area contributed by atoms with E-state index in [4.69, 9.17) is 16.3 Å². The van der Waals surface area contributed by atoms with Gasteiger partial charge in [-0.05, 0) is 49.2 Å². The molecule has 1 fully saturated rings. The molecule has 4 rings (SSSR count). The van der Waals surface area contributed by atoms with Crippen molar-refractivity contribution in [2.75, 3.05) is 49.5 Å². The highest BCUT2D eigenvalue weighted by molar-refractivity contribution is 6.30. The zero-order valence-electron chi connectivity index (χ0n) is 18.5. The van der Waals surface area contributed by atoms with Crippen LogP contribution in [-0.4, -0.2) is 62.1 Å². The molecule has 0 spiro atoms. The third-order valence-electron chi connectivity index (χ3n) is 5.96. The first-order chi connectivity index (χ1) is 15.4. The van der Waals surface area contributed by atoms with Crippen molar-refractivity contribution in [3.8, 4) is 5.75 Å². The fourth-order valence-electron chi connectivity index (χ4n) is 4.13. The van der Waals surface area contributed by atoms with Gasteiger partial charge >= 0.3 is 0 Å². The number of rotatable bonds is 6. The van der Waals surface area contributed by atoms with Crippen LogP contribution in [0.4, 0.5) is 11.4 Å². The summed E-state index contributed by atoms with van der Waals surface area (Å²) in [5, 5.41) is 6.50. The number of anilines is 2. The van der Waals surface area contributed by atoms with Crippen molar-refractivity contribution in [2.45, 2.75) is 26.4 Å². The predicted molar refractivity (Wildman–Crippen MR) is 127 cm³/mol. The molecule has 1 atom stereocenters. The quantitative estimate of drug-likeness (QED) is 0.699. The predicted octanol–water partition coefficient (Wildman–Crippen LogP) is 2.98. The van der Waals surface area contributed by atoms with Gasteiger partial charge in [-0.25, -0.2) is 0 Å². The third kappa shape index (κ3) is 5.34. The van der Waals surface area contributed by atoms with Crippen molar-refractivity contribution < 1.29 is 14.3 Å². The van der Waals surface area contributed by atoms with Gasteiger partial charge in [-0.1, -0.05) is 23.7 Å². The number of nitrogens with one attached hydrogen (secondary N) is 2. The first kappa shape index (κ1) is 22.4. The van der Waals surface area contributed by atoms with Crippen molar-refractivity contribution in [2.24, 2.45) is 0 Å². The SMILES string of the molecule is Cc1ccc2c(c1)NC(=O)[C@H](CC(=O)NCCN1CCN(c3cc(Cl)ccc3C)CC1)O2. The molecule has 2 N–H and O–H groups in total. The molecule has 0 saturated carbocycles. The van der Waals surface area contributed by atoms with Crippen molar-refractivity contribution in [1.29, 1.82) is 0 Å². The third-order valence-corrected chi connectivity index (χ3v) is 6.19. The number of hydrogen-bond donors (Lipinski definition) is 2. The average Bonchev–Trinajstić information content (AvgIpc) is 2.77. The van der Waals surface area contributed by atoms with E-state index in [9.17, 15) is 9.59 Å². The molecule has 0 aromatic heterocycles. The Morgan fingerprint density at radius 3 is 2.72 bits per heavy atom. The van der Waals surface area contributed by atoms with Gasteiger partial charge < -0.3 is 20.3 Å². The minimum atomic E-state index is -0.810.